The van der Waals surface area contributed by atoms with E-state index in [0.717, 1.165) is 4.90 Å². The Labute approximate surface area is 350 Å². The van der Waals surface area contributed by atoms with Crippen LogP contribution < -0.4 is 19.5 Å². The molecule has 4 heterocycles. The summed E-state index contributed by atoms with van der Waals surface area (Å²) in [7, 11) is -3.20. The first kappa shape index (κ1) is 44.5. The summed E-state index contributed by atoms with van der Waals surface area (Å²) in [5.74, 6) is -6.04. The second kappa shape index (κ2) is 16.6. The van der Waals surface area contributed by atoms with Crippen molar-refractivity contribution in [2.45, 2.75) is 112 Å². The molecule has 5 aliphatic rings. The van der Waals surface area contributed by atoms with Gasteiger partial charge < -0.3 is 24.6 Å². The first-order valence-electron chi connectivity index (χ1n) is 20.6. The minimum absolute atomic E-state index is 0.0523. The predicted molar refractivity (Wildman–Crippen MR) is 210 cm³/mol. The van der Waals surface area contributed by atoms with E-state index in [1.54, 1.807) is 43.3 Å². The number of carboxylic acid groups (broad SMARTS) is 1. The molecule has 2 saturated carbocycles. The third-order valence-electron chi connectivity index (χ3n) is 13.4. The Morgan fingerprint density at radius 3 is 2.41 bits per heavy atom. The predicted octanol–water partition coefficient (Wildman–Crippen LogP) is 4.99. The van der Waals surface area contributed by atoms with Crippen LogP contribution in [0, 0.1) is 17.8 Å². The average Bonchev–Trinajstić information content (AvgIpc) is 4.12. The van der Waals surface area contributed by atoms with Crippen molar-refractivity contribution in [1.29, 1.82) is 0 Å². The normalized spacial score (nSPS) is 32.6. The Hall–Kier alpha value is -4.56. The fourth-order valence-electron chi connectivity index (χ4n) is 9.63. The Bertz CT molecular complexity index is 2180. The van der Waals surface area contributed by atoms with Gasteiger partial charge in [0.2, 0.25) is 15.9 Å². The van der Waals surface area contributed by atoms with Crippen LogP contribution in [0.2, 0.25) is 0 Å². The maximum absolute atomic E-state index is 16.5. The molecule has 2 saturated heterocycles. The lowest BCUT2D eigenvalue weighted by atomic mass is 9.85. The summed E-state index contributed by atoms with van der Waals surface area (Å²) in [5.41, 5.74) is -2.07. The molecule has 4 fully saturated rings. The molecule has 1 unspecified atom stereocenters. The monoisotopic (exact) mass is 882 g/mol. The Morgan fingerprint density at radius 1 is 1.10 bits per heavy atom. The number of methoxy groups -OCH3 is 1. The molecule has 3 N–H and O–H groups in total. The van der Waals surface area contributed by atoms with Crippen LogP contribution >= 0.6 is 0 Å². The van der Waals surface area contributed by atoms with Crippen LogP contribution in [-0.2, 0) is 29.1 Å². The zero-order chi connectivity index (χ0) is 44.1. The second-order valence-electron chi connectivity index (χ2n) is 17.4. The van der Waals surface area contributed by atoms with Gasteiger partial charge in [0, 0.05) is 35.9 Å². The molecule has 3 aliphatic heterocycles. The molecule has 20 heteroatoms. The van der Waals surface area contributed by atoms with Crippen LogP contribution in [-0.4, -0.2) is 126 Å². The highest BCUT2D eigenvalue weighted by Gasteiger charge is 2.74. The number of amides is 4. The molecule has 15 nitrogen and oxygen atoms in total. The number of aromatic nitrogens is 1. The van der Waals surface area contributed by atoms with Crippen LogP contribution in [0.3, 0.4) is 0 Å². The SMILES string of the molecule is COc1cnc(O[C@@H]2C[C@H]3C(=O)N[C@]4(C(=O)NS(=O)(=O)C5(CF)CC5)C[C@H]4/C=C\CC[C@@H](C)C[C@@H](C)[C@H](N(C(=O)O)C4CCOCC4)C(=O)[N+]3(C(F)(F)F)C2)c2ccccc12. The molecule has 1 aromatic heterocycles. The molecule has 7 rings (SSSR count). The highest BCUT2D eigenvalue weighted by atomic mass is 32.2. The van der Waals surface area contributed by atoms with Gasteiger partial charge >= 0.3 is 18.3 Å². The van der Waals surface area contributed by atoms with E-state index in [1.165, 1.54) is 13.3 Å². The lowest BCUT2D eigenvalue weighted by molar-refractivity contribution is -0.969. The molecule has 334 valence electrons. The Kier molecular flexibility index (Phi) is 12.1. The van der Waals surface area contributed by atoms with Crippen molar-refractivity contribution >= 4 is 44.6 Å². The summed E-state index contributed by atoms with van der Waals surface area (Å²) in [5, 5.41) is 14.1. The first-order chi connectivity index (χ1) is 28.8. The number of alkyl halides is 4. The molecule has 2 aromatic rings. The van der Waals surface area contributed by atoms with Crippen LogP contribution in [0.25, 0.3) is 10.8 Å². The number of sulfonamides is 1. The number of fused-ring (bicyclic) bond motifs is 3. The molecule has 0 bridgehead atoms. The minimum Gasteiger partial charge on any atom is -0.494 e. The van der Waals surface area contributed by atoms with Gasteiger partial charge in [0.25, 0.3) is 11.8 Å². The highest BCUT2D eigenvalue weighted by Crippen LogP contribution is 2.50. The molecule has 2 aliphatic carbocycles. The van der Waals surface area contributed by atoms with E-state index in [1.807, 2.05) is 11.6 Å². The molecule has 8 atom stereocenters. The van der Waals surface area contributed by atoms with Gasteiger partial charge in [0.05, 0.1) is 19.7 Å². The van der Waals surface area contributed by atoms with Gasteiger partial charge in [-0.15, -0.1) is 13.2 Å². The van der Waals surface area contributed by atoms with Crippen molar-refractivity contribution in [2.75, 3.05) is 33.5 Å². The lowest BCUT2D eigenvalue weighted by Gasteiger charge is -2.45. The number of hydrogen-bond acceptors (Lipinski definition) is 10. The topological polar surface area (TPSA) is 191 Å². The minimum atomic E-state index is -5.55. The standard InChI is InChI=1S/C41H51F4N5O10S/c1-24-8-4-5-9-26-20-40(26,37(53)48-61(56,57)39(23-42)14-15-39)47-34(51)31-19-28(60-35-30-11-7-6-10-29(30)32(58-3)21-46-35)22-50(31,41(43,44)45)36(52)33(25(2)18-24)49(38(54)55)27-12-16-59-17-13-27/h5-7,9-11,21,24-28,31,33H,4,8,12-20,22-23H2,1-3H3,(H2-,47,48,51,53,54,55)/p+1/b9-5-/t24-,25-,26-,28-,31+,33+,40-,50?/m1/s1. The molecular formula is C41H52F4N5O10S+. The zero-order valence-corrected chi connectivity index (χ0v) is 35.0. The molecule has 0 spiro atoms. The number of nitrogens with one attached hydrogen (secondary N) is 2. The fourth-order valence-corrected chi connectivity index (χ4v) is 11.1. The number of allylic oxidation sites excluding steroid dienone is 1. The molecule has 0 radical (unpaired) electrons. The Balaban J connectivity index is 1.36. The maximum atomic E-state index is 16.5. The number of carbonyl (C=O) groups excluding carboxylic acids is 3. The van der Waals surface area contributed by atoms with Gasteiger partial charge in [-0.2, -0.15) is 4.48 Å². The van der Waals surface area contributed by atoms with Crippen molar-refractivity contribution in [2.24, 2.45) is 17.8 Å². The number of carbonyl (C=O) groups is 4. The summed E-state index contributed by atoms with van der Waals surface area (Å²) in [6, 6.07) is 1.54. The van der Waals surface area contributed by atoms with E-state index in [0.29, 0.717) is 29.4 Å². The van der Waals surface area contributed by atoms with E-state index < -0.39 is 111 Å². The Morgan fingerprint density at radius 2 is 1.79 bits per heavy atom. The molecule has 61 heavy (non-hydrogen) atoms. The zero-order valence-electron chi connectivity index (χ0n) is 34.2. The third-order valence-corrected chi connectivity index (χ3v) is 15.5. The van der Waals surface area contributed by atoms with E-state index in [-0.39, 0.29) is 63.5 Å². The summed E-state index contributed by atoms with van der Waals surface area (Å²) in [6.45, 7) is 1.17. The van der Waals surface area contributed by atoms with E-state index in [9.17, 15) is 32.3 Å². The highest BCUT2D eigenvalue weighted by molar-refractivity contribution is 7.91. The number of benzene rings is 1. The number of hydrogen-bond donors (Lipinski definition) is 3. The quantitative estimate of drug-likeness (QED) is 0.133. The smallest absolute Gasteiger partial charge is 0.494 e. The molecule has 1 aromatic carbocycles. The number of pyridine rings is 1. The van der Waals surface area contributed by atoms with Crippen molar-refractivity contribution in [3.05, 3.63) is 42.6 Å². The summed E-state index contributed by atoms with van der Waals surface area (Å²) < 4.78 is 104. The number of nitrogens with zero attached hydrogens (tertiary/aromatic N) is 3. The lowest BCUT2D eigenvalue weighted by Crippen LogP contribution is -2.73. The van der Waals surface area contributed by atoms with Crippen LogP contribution in [0.15, 0.2) is 42.6 Å². The second-order valence-corrected chi connectivity index (χ2v) is 19.4. The van der Waals surface area contributed by atoms with Gasteiger partial charge in [-0.3, -0.25) is 19.2 Å². The van der Waals surface area contributed by atoms with Crippen LogP contribution in [0.5, 0.6) is 11.6 Å². The van der Waals surface area contributed by atoms with Gasteiger partial charge in [-0.1, -0.05) is 44.2 Å². The number of quaternary nitrogens is 1. The fraction of sp³-hybridized carbons (Fsp3) is 0.634. The van der Waals surface area contributed by atoms with Gasteiger partial charge in [-0.25, -0.2) is 27.4 Å². The number of halogens is 4. The van der Waals surface area contributed by atoms with Crippen molar-refractivity contribution in [3.63, 3.8) is 0 Å². The summed E-state index contributed by atoms with van der Waals surface area (Å²) >= 11 is 0. The van der Waals surface area contributed by atoms with Crippen LogP contribution in [0.4, 0.5) is 22.4 Å². The average molecular weight is 883 g/mol. The van der Waals surface area contributed by atoms with Gasteiger partial charge in [0.1, 0.15) is 29.3 Å². The summed E-state index contributed by atoms with van der Waals surface area (Å²) in [4.78, 5) is 62.7. The van der Waals surface area contributed by atoms with Crippen molar-refractivity contribution in [1.82, 2.24) is 19.9 Å². The van der Waals surface area contributed by atoms with E-state index >= 15 is 18.0 Å². The largest absolute Gasteiger partial charge is 0.569 e. The van der Waals surface area contributed by atoms with Crippen LogP contribution in [0.1, 0.15) is 71.6 Å². The van der Waals surface area contributed by atoms with Gasteiger partial charge in [-0.05, 0) is 69.3 Å². The first-order valence-corrected chi connectivity index (χ1v) is 22.1. The third kappa shape index (κ3) is 8.03. The van der Waals surface area contributed by atoms with E-state index in [4.69, 9.17) is 14.2 Å². The number of ether oxygens (including phenoxy) is 3. The van der Waals surface area contributed by atoms with Gasteiger partial charge in [0.15, 0.2) is 18.2 Å². The summed E-state index contributed by atoms with van der Waals surface area (Å²) in [6.07, 6.45) is -3.80. The van der Waals surface area contributed by atoms with Crippen molar-refractivity contribution < 1.29 is 69.0 Å². The number of rotatable bonds is 9. The van der Waals surface area contributed by atoms with Crippen molar-refractivity contribution in [3.8, 4) is 11.6 Å². The molecular weight excluding hydrogens is 831 g/mol. The van der Waals surface area contributed by atoms with E-state index in [2.05, 4.69) is 10.3 Å². The molecule has 4 amide bonds. The maximum Gasteiger partial charge on any atom is 0.569 e.